The lowest BCUT2D eigenvalue weighted by molar-refractivity contribution is -0.134. The number of hydrogen-bond acceptors (Lipinski definition) is 5. The number of benzene rings is 2. The molecule has 1 unspecified atom stereocenters. The van der Waals surface area contributed by atoms with Crippen LogP contribution in [0.5, 0.6) is 5.75 Å². The van der Waals surface area contributed by atoms with E-state index < -0.39 is 17.6 Å². The molecular formula is C26H19NO4S. The van der Waals surface area contributed by atoms with Crippen LogP contribution in [-0.2, 0) is 14.4 Å². The van der Waals surface area contributed by atoms with E-state index in [-0.39, 0.29) is 17.9 Å². The van der Waals surface area contributed by atoms with Crippen molar-refractivity contribution >= 4 is 34.7 Å². The second kappa shape index (κ2) is 8.05. The Labute approximate surface area is 189 Å². The predicted octanol–water partition coefficient (Wildman–Crippen LogP) is 4.53. The van der Waals surface area contributed by atoms with Crippen LogP contribution in [0.1, 0.15) is 33.9 Å². The van der Waals surface area contributed by atoms with E-state index in [0.29, 0.717) is 11.3 Å². The first-order valence-corrected chi connectivity index (χ1v) is 11.1. The lowest BCUT2D eigenvalue weighted by atomic mass is 9.80. The molecule has 1 N–H and O–H groups in total. The first kappa shape index (κ1) is 20.2. The summed E-state index contributed by atoms with van der Waals surface area (Å²) in [6, 6.07) is 19.9. The van der Waals surface area contributed by atoms with Crippen LogP contribution in [-0.4, -0.2) is 17.6 Å². The number of rotatable bonds is 3. The van der Waals surface area contributed by atoms with Crippen LogP contribution in [0.3, 0.4) is 0 Å². The van der Waals surface area contributed by atoms with Gasteiger partial charge in [0.2, 0.25) is 5.91 Å². The fourth-order valence-corrected chi connectivity index (χ4v) is 4.78. The monoisotopic (exact) mass is 441 g/mol. The third-order valence-corrected chi connectivity index (χ3v) is 6.46. The number of nitrogens with one attached hydrogen (secondary N) is 1. The molecule has 1 aromatic heterocycles. The molecular weight excluding hydrogens is 422 g/mol. The third kappa shape index (κ3) is 3.59. The molecule has 5 rings (SSSR count). The minimum absolute atomic E-state index is 0.0336. The zero-order chi connectivity index (χ0) is 22.2. The van der Waals surface area contributed by atoms with E-state index in [1.165, 1.54) is 11.3 Å². The Kier molecular flexibility index (Phi) is 5.07. The summed E-state index contributed by atoms with van der Waals surface area (Å²) in [7, 11) is 0. The van der Waals surface area contributed by atoms with Gasteiger partial charge in [0.25, 0.3) is 5.91 Å². The predicted molar refractivity (Wildman–Crippen MR) is 122 cm³/mol. The highest BCUT2D eigenvalue weighted by molar-refractivity contribution is 7.11. The topological polar surface area (TPSA) is 72.5 Å². The van der Waals surface area contributed by atoms with Gasteiger partial charge in [-0.1, -0.05) is 54.1 Å². The molecule has 1 fully saturated rings. The average Bonchev–Trinajstić information content (AvgIpc) is 3.31. The molecule has 3 heterocycles. The fourth-order valence-electron chi connectivity index (χ4n) is 4.05. The average molecular weight is 442 g/mol. The lowest BCUT2D eigenvalue weighted by Crippen LogP contribution is -2.41. The zero-order valence-corrected chi connectivity index (χ0v) is 18.1. The molecule has 3 aromatic rings. The van der Waals surface area contributed by atoms with Crippen LogP contribution in [0.25, 0.3) is 5.76 Å². The number of hydrogen-bond donors (Lipinski definition) is 1. The van der Waals surface area contributed by atoms with Crippen LogP contribution < -0.4 is 10.1 Å². The van der Waals surface area contributed by atoms with Gasteiger partial charge < -0.3 is 4.74 Å². The van der Waals surface area contributed by atoms with Crippen LogP contribution in [0, 0.1) is 6.92 Å². The Bertz CT molecular complexity index is 1280. The number of thiophene rings is 1. The number of amides is 2. The summed E-state index contributed by atoms with van der Waals surface area (Å²) in [5.74, 6) is -0.648. The normalized spacial score (nSPS) is 19.6. The molecule has 0 radical (unpaired) electrons. The van der Waals surface area contributed by atoms with Crippen LogP contribution in [0.2, 0.25) is 0 Å². The van der Waals surface area contributed by atoms with Gasteiger partial charge in [-0.3, -0.25) is 19.7 Å². The molecule has 2 aromatic carbocycles. The van der Waals surface area contributed by atoms with E-state index in [2.05, 4.69) is 17.4 Å². The summed E-state index contributed by atoms with van der Waals surface area (Å²) in [5, 5.41) is 4.21. The maximum atomic E-state index is 12.6. The number of carbonyl (C=O) groups is 3. The molecule has 1 atom stereocenters. The SMILES string of the molecule is Cc1ccc(C2C(/C=C3/C(=O)CC(=O)NC3=O)=C(c3cccs3)Oc3ccccc32)cc1. The van der Waals surface area contributed by atoms with E-state index in [4.69, 9.17) is 4.74 Å². The van der Waals surface area contributed by atoms with E-state index >= 15 is 0 Å². The molecule has 2 amide bonds. The van der Waals surface area contributed by atoms with Crippen molar-refractivity contribution in [2.24, 2.45) is 0 Å². The van der Waals surface area contributed by atoms with Crippen molar-refractivity contribution in [1.29, 1.82) is 0 Å². The Morgan fingerprint density at radius 2 is 1.78 bits per heavy atom. The Morgan fingerprint density at radius 3 is 2.50 bits per heavy atom. The summed E-state index contributed by atoms with van der Waals surface area (Å²) in [6.45, 7) is 2.03. The summed E-state index contributed by atoms with van der Waals surface area (Å²) in [6.07, 6.45) is 1.26. The molecule has 0 aliphatic carbocycles. The van der Waals surface area contributed by atoms with Gasteiger partial charge in [0.05, 0.1) is 16.9 Å². The van der Waals surface area contributed by atoms with Gasteiger partial charge in [-0.05, 0) is 36.1 Å². The number of para-hydroxylation sites is 1. The number of aryl methyl sites for hydroxylation is 1. The second-order valence-electron chi connectivity index (χ2n) is 7.78. The summed E-state index contributed by atoms with van der Waals surface area (Å²) in [5.41, 5.74) is 3.78. The Morgan fingerprint density at radius 1 is 1.00 bits per heavy atom. The smallest absolute Gasteiger partial charge is 0.261 e. The van der Waals surface area contributed by atoms with Crippen molar-refractivity contribution < 1.29 is 19.1 Å². The minimum atomic E-state index is -0.675. The minimum Gasteiger partial charge on any atom is -0.455 e. The number of ether oxygens (including phenoxy) is 1. The van der Waals surface area contributed by atoms with Crippen molar-refractivity contribution in [3.05, 3.63) is 105 Å². The van der Waals surface area contributed by atoms with Gasteiger partial charge in [-0.25, -0.2) is 0 Å². The maximum Gasteiger partial charge on any atom is 0.261 e. The highest BCUT2D eigenvalue weighted by Gasteiger charge is 2.34. The number of ketones is 1. The van der Waals surface area contributed by atoms with E-state index in [1.54, 1.807) is 6.08 Å². The number of fused-ring (bicyclic) bond motifs is 1. The number of piperidine rings is 1. The summed E-state index contributed by atoms with van der Waals surface area (Å²) >= 11 is 1.52. The van der Waals surface area contributed by atoms with E-state index in [9.17, 15) is 14.4 Å². The molecule has 0 saturated carbocycles. The van der Waals surface area contributed by atoms with Gasteiger partial charge in [-0.15, -0.1) is 11.3 Å². The van der Waals surface area contributed by atoms with Crippen molar-refractivity contribution in [2.45, 2.75) is 19.3 Å². The molecule has 158 valence electrons. The van der Waals surface area contributed by atoms with Crippen LogP contribution in [0.4, 0.5) is 0 Å². The van der Waals surface area contributed by atoms with Crippen molar-refractivity contribution in [3.8, 4) is 5.75 Å². The third-order valence-electron chi connectivity index (χ3n) is 5.59. The highest BCUT2D eigenvalue weighted by Crippen LogP contribution is 2.47. The first-order valence-electron chi connectivity index (χ1n) is 10.2. The molecule has 32 heavy (non-hydrogen) atoms. The first-order chi connectivity index (χ1) is 15.5. The van der Waals surface area contributed by atoms with Gasteiger partial charge in [0.15, 0.2) is 5.78 Å². The van der Waals surface area contributed by atoms with Crippen molar-refractivity contribution in [3.63, 3.8) is 0 Å². The summed E-state index contributed by atoms with van der Waals surface area (Å²) < 4.78 is 6.33. The summed E-state index contributed by atoms with van der Waals surface area (Å²) in [4.78, 5) is 37.7. The quantitative estimate of drug-likeness (QED) is 0.280. The van der Waals surface area contributed by atoms with Gasteiger partial charge >= 0.3 is 0 Å². The van der Waals surface area contributed by atoms with Gasteiger partial charge in [-0.2, -0.15) is 0 Å². The molecule has 1 saturated heterocycles. The fraction of sp³-hybridized carbons (Fsp3) is 0.115. The maximum absolute atomic E-state index is 12.6. The van der Waals surface area contributed by atoms with Crippen LogP contribution >= 0.6 is 11.3 Å². The van der Waals surface area contributed by atoms with Crippen molar-refractivity contribution in [2.75, 3.05) is 0 Å². The van der Waals surface area contributed by atoms with E-state index in [1.807, 2.05) is 60.8 Å². The van der Waals surface area contributed by atoms with Gasteiger partial charge in [0.1, 0.15) is 11.5 Å². The number of carbonyl (C=O) groups excluding carboxylic acids is 3. The molecule has 2 aliphatic rings. The molecule has 5 nitrogen and oxygen atoms in total. The van der Waals surface area contributed by atoms with Gasteiger partial charge in [0, 0.05) is 17.1 Å². The molecule has 0 spiro atoms. The van der Waals surface area contributed by atoms with Crippen molar-refractivity contribution in [1.82, 2.24) is 5.32 Å². The highest BCUT2D eigenvalue weighted by atomic mass is 32.1. The molecule has 0 bridgehead atoms. The largest absolute Gasteiger partial charge is 0.455 e. The Hall–Kier alpha value is -3.77. The number of allylic oxidation sites excluding steroid dienone is 2. The number of Topliss-reactive ketones (excluding diaryl/α,β-unsaturated/α-hetero) is 1. The van der Waals surface area contributed by atoms with E-state index in [0.717, 1.165) is 27.3 Å². The number of imide groups is 1. The molecule has 6 heteroatoms. The molecule has 2 aliphatic heterocycles. The second-order valence-corrected chi connectivity index (χ2v) is 8.73. The van der Waals surface area contributed by atoms with Crippen LogP contribution in [0.15, 0.2) is 83.3 Å². The standard InChI is InChI=1S/C26H19NO4S/c1-15-8-10-16(11-9-15)24-17-5-2-3-6-21(17)31-25(22-7-4-12-32-22)19(24)13-18-20(28)14-23(29)27-26(18)30/h2-13,24H,14H2,1H3,(H,27,29,30)/b18-13-. The lowest BCUT2D eigenvalue weighted by Gasteiger charge is -2.30. The zero-order valence-electron chi connectivity index (χ0n) is 17.3. The Balaban J connectivity index is 1.77.